The van der Waals surface area contributed by atoms with E-state index in [1.165, 1.54) is 0 Å². The van der Waals surface area contributed by atoms with Crippen molar-refractivity contribution in [1.82, 2.24) is 14.7 Å². The number of benzene rings is 3. The highest BCUT2D eigenvalue weighted by molar-refractivity contribution is 5.96. The number of aromatic carboxylic acids is 1. The van der Waals surface area contributed by atoms with Gasteiger partial charge in [-0.2, -0.15) is 0 Å². The van der Waals surface area contributed by atoms with E-state index >= 15 is 0 Å². The van der Waals surface area contributed by atoms with Crippen LogP contribution in [0.3, 0.4) is 0 Å². The average molecular weight is 526 g/mol. The van der Waals surface area contributed by atoms with Crippen LogP contribution >= 0.6 is 0 Å². The third-order valence-corrected chi connectivity index (χ3v) is 7.26. The first-order valence-electron chi connectivity index (χ1n) is 13.1. The van der Waals surface area contributed by atoms with Gasteiger partial charge in [0.15, 0.2) is 0 Å². The summed E-state index contributed by atoms with van der Waals surface area (Å²) in [6.07, 6.45) is 4.31. The van der Waals surface area contributed by atoms with Crippen molar-refractivity contribution in [2.75, 3.05) is 0 Å². The lowest BCUT2D eigenvalue weighted by Gasteiger charge is -2.18. The highest BCUT2D eigenvalue weighted by Crippen LogP contribution is 2.27. The number of pyridine rings is 2. The summed E-state index contributed by atoms with van der Waals surface area (Å²) in [6.45, 7) is 1.89. The van der Waals surface area contributed by atoms with Crippen LogP contribution < -0.4 is 5.32 Å². The Kier molecular flexibility index (Phi) is 6.58. The van der Waals surface area contributed by atoms with Crippen LogP contribution in [0.25, 0.3) is 27.4 Å². The van der Waals surface area contributed by atoms with Crippen molar-refractivity contribution in [2.45, 2.75) is 19.4 Å². The summed E-state index contributed by atoms with van der Waals surface area (Å²) < 4.78 is 2.02. The van der Waals surface area contributed by atoms with E-state index in [1.54, 1.807) is 30.5 Å². The van der Waals surface area contributed by atoms with Gasteiger partial charge in [0.2, 0.25) is 0 Å². The van der Waals surface area contributed by atoms with Crippen LogP contribution in [0.4, 0.5) is 0 Å². The maximum absolute atomic E-state index is 13.8. The number of aromatic nitrogens is 2. The number of carboxylic acids is 1. The van der Waals surface area contributed by atoms with Gasteiger partial charge in [-0.25, -0.2) is 4.79 Å². The minimum atomic E-state index is -0.980. The highest BCUT2D eigenvalue weighted by atomic mass is 16.4. The molecule has 196 valence electrons. The average Bonchev–Trinajstić information content (AvgIpc) is 3.39. The Hall–Kier alpha value is -5.23. The number of nitrogens with zero attached hydrogens (tertiary/aromatic N) is 2. The fourth-order valence-corrected chi connectivity index (χ4v) is 5.14. The van der Waals surface area contributed by atoms with E-state index in [0.29, 0.717) is 12.1 Å². The maximum Gasteiger partial charge on any atom is 0.335 e. The summed E-state index contributed by atoms with van der Waals surface area (Å²) in [5.41, 5.74) is 6.62. The summed E-state index contributed by atoms with van der Waals surface area (Å²) >= 11 is 0. The number of fused-ring (bicyclic) bond motifs is 2. The van der Waals surface area contributed by atoms with Crippen LogP contribution in [0.1, 0.15) is 50.6 Å². The molecule has 6 nitrogen and oxygen atoms in total. The smallest absolute Gasteiger partial charge is 0.335 e. The Labute approximate surface area is 231 Å². The number of hydrogen-bond donors (Lipinski definition) is 2. The summed E-state index contributed by atoms with van der Waals surface area (Å²) in [7, 11) is 0. The minimum Gasteiger partial charge on any atom is -0.478 e. The topological polar surface area (TPSA) is 83.7 Å². The molecule has 0 aliphatic carbocycles. The zero-order valence-corrected chi connectivity index (χ0v) is 21.9. The molecule has 0 unspecified atom stereocenters. The normalized spacial score (nSPS) is 11.9. The van der Waals surface area contributed by atoms with E-state index in [1.807, 2.05) is 60.0 Å². The summed E-state index contributed by atoms with van der Waals surface area (Å²) in [5, 5.41) is 14.6. The predicted molar refractivity (Wildman–Crippen MR) is 157 cm³/mol. The van der Waals surface area contributed by atoms with E-state index in [4.69, 9.17) is 0 Å². The van der Waals surface area contributed by atoms with Crippen molar-refractivity contribution in [2.24, 2.45) is 0 Å². The quantitative estimate of drug-likeness (QED) is 0.237. The Morgan fingerprint density at radius 1 is 0.850 bits per heavy atom. The zero-order valence-electron chi connectivity index (χ0n) is 21.9. The Bertz CT molecular complexity index is 1860. The Morgan fingerprint density at radius 3 is 2.42 bits per heavy atom. The van der Waals surface area contributed by atoms with Gasteiger partial charge in [0.05, 0.1) is 11.6 Å². The molecule has 40 heavy (non-hydrogen) atoms. The molecular formula is C34H27N3O3. The third kappa shape index (κ3) is 4.95. The standard InChI is InChI=1S/C34H27N3O3/c1-22(24-9-11-27(12-10-24)34(39)40)36-33(38)32-20-28(25-5-3-2-4-6-25)19-31-14-13-30(37(31)32)18-23-7-8-26-15-16-35-21-29(26)17-23/h2-17,19-22H,18H2,1H3,(H,36,38)(H,39,40)/t22-/m0/s1. The molecule has 0 fully saturated rings. The molecule has 0 spiro atoms. The number of carbonyl (C=O) groups is 2. The van der Waals surface area contributed by atoms with Crippen molar-refractivity contribution in [3.05, 3.63) is 144 Å². The molecule has 6 heteroatoms. The molecule has 3 heterocycles. The first kappa shape index (κ1) is 25.1. The van der Waals surface area contributed by atoms with Crippen LogP contribution in [0.2, 0.25) is 0 Å². The van der Waals surface area contributed by atoms with Gasteiger partial charge in [0.1, 0.15) is 5.69 Å². The molecular weight excluding hydrogens is 498 g/mol. The molecule has 0 bridgehead atoms. The summed E-state index contributed by atoms with van der Waals surface area (Å²) in [4.78, 5) is 29.3. The van der Waals surface area contributed by atoms with Crippen LogP contribution in [-0.4, -0.2) is 26.4 Å². The van der Waals surface area contributed by atoms with E-state index in [2.05, 4.69) is 46.7 Å². The number of carboxylic acid groups (broad SMARTS) is 1. The molecule has 0 aliphatic heterocycles. The SMILES string of the molecule is C[C@H](NC(=O)c1cc(-c2ccccc2)cc2ccc(Cc3ccc4ccncc4c3)n12)c1ccc(C(=O)O)cc1. The molecule has 6 aromatic rings. The zero-order chi connectivity index (χ0) is 27.6. The molecule has 1 atom stereocenters. The molecule has 6 rings (SSSR count). The van der Waals surface area contributed by atoms with Crippen molar-refractivity contribution in [1.29, 1.82) is 0 Å². The monoisotopic (exact) mass is 525 g/mol. The van der Waals surface area contributed by atoms with E-state index in [9.17, 15) is 14.7 Å². The van der Waals surface area contributed by atoms with Crippen molar-refractivity contribution in [3.8, 4) is 11.1 Å². The van der Waals surface area contributed by atoms with Gasteiger partial charge in [0, 0.05) is 35.4 Å². The van der Waals surface area contributed by atoms with Crippen molar-refractivity contribution in [3.63, 3.8) is 0 Å². The lowest BCUT2D eigenvalue weighted by atomic mass is 10.0. The van der Waals surface area contributed by atoms with E-state index in [-0.39, 0.29) is 17.5 Å². The van der Waals surface area contributed by atoms with Crippen molar-refractivity contribution >= 4 is 28.2 Å². The fraction of sp³-hybridized carbons (Fsp3) is 0.0882. The van der Waals surface area contributed by atoms with Gasteiger partial charge < -0.3 is 14.8 Å². The highest BCUT2D eigenvalue weighted by Gasteiger charge is 2.19. The predicted octanol–water partition coefficient (Wildman–Crippen LogP) is 6.93. The van der Waals surface area contributed by atoms with E-state index in [0.717, 1.165) is 44.2 Å². The van der Waals surface area contributed by atoms with Gasteiger partial charge in [-0.15, -0.1) is 0 Å². The molecule has 1 amide bonds. The fourth-order valence-electron chi connectivity index (χ4n) is 5.14. The van der Waals surface area contributed by atoms with E-state index < -0.39 is 5.97 Å². The van der Waals surface area contributed by atoms with Gasteiger partial charge in [-0.1, -0.05) is 54.6 Å². The molecule has 0 aliphatic rings. The molecule has 0 radical (unpaired) electrons. The molecule has 3 aromatic carbocycles. The molecule has 3 aromatic heterocycles. The first-order valence-corrected chi connectivity index (χ1v) is 13.1. The van der Waals surface area contributed by atoms with Crippen LogP contribution in [0.5, 0.6) is 0 Å². The molecule has 0 saturated carbocycles. The second-order valence-corrected chi connectivity index (χ2v) is 9.94. The largest absolute Gasteiger partial charge is 0.478 e. The van der Waals surface area contributed by atoms with Crippen LogP contribution in [0.15, 0.2) is 116 Å². The Balaban J connectivity index is 1.39. The lowest BCUT2D eigenvalue weighted by molar-refractivity contribution is 0.0696. The summed E-state index contributed by atoms with van der Waals surface area (Å²) in [5.74, 6) is -1.19. The molecule has 2 N–H and O–H groups in total. The van der Waals surface area contributed by atoms with Gasteiger partial charge in [-0.05, 0) is 83.1 Å². The van der Waals surface area contributed by atoms with Crippen molar-refractivity contribution < 1.29 is 14.7 Å². The second-order valence-electron chi connectivity index (χ2n) is 9.94. The minimum absolute atomic E-state index is 0.209. The van der Waals surface area contributed by atoms with Gasteiger partial charge >= 0.3 is 5.97 Å². The first-order chi connectivity index (χ1) is 19.5. The van der Waals surface area contributed by atoms with Crippen LogP contribution in [0, 0.1) is 0 Å². The maximum atomic E-state index is 13.8. The van der Waals surface area contributed by atoms with Crippen LogP contribution in [-0.2, 0) is 6.42 Å². The number of hydrogen-bond acceptors (Lipinski definition) is 3. The third-order valence-electron chi connectivity index (χ3n) is 7.26. The van der Waals surface area contributed by atoms with Gasteiger partial charge in [0.25, 0.3) is 5.91 Å². The summed E-state index contributed by atoms with van der Waals surface area (Å²) in [6, 6.07) is 32.8. The number of nitrogens with one attached hydrogen (secondary N) is 1. The lowest BCUT2D eigenvalue weighted by Crippen LogP contribution is -2.28. The molecule has 0 saturated heterocycles. The Morgan fingerprint density at radius 2 is 1.65 bits per heavy atom. The number of carbonyl (C=O) groups excluding carboxylic acids is 1. The van der Waals surface area contributed by atoms with Gasteiger partial charge in [-0.3, -0.25) is 9.78 Å². The number of rotatable bonds is 7. The number of amides is 1. The second kappa shape index (κ2) is 10.5.